The standard InChI is InChI=1S/C17H26FN3/c18-15-6-4-14(5-7-15)17(19)13-20-11-8-16(12-20)21-9-2-1-3-10-21/h4-7,16-17H,1-3,8-13,19H2. The van der Waals surface area contributed by atoms with Gasteiger partial charge >= 0.3 is 0 Å². The molecule has 2 aliphatic heterocycles. The molecule has 0 bridgehead atoms. The number of rotatable bonds is 4. The van der Waals surface area contributed by atoms with E-state index in [0.29, 0.717) is 6.04 Å². The Bertz CT molecular complexity index is 442. The normalized spacial score (nSPS) is 26.1. The molecular formula is C17H26FN3. The highest BCUT2D eigenvalue weighted by Crippen LogP contribution is 2.22. The number of benzene rings is 1. The lowest BCUT2D eigenvalue weighted by Crippen LogP contribution is -2.41. The number of nitrogens with zero attached hydrogens (tertiary/aromatic N) is 2. The van der Waals surface area contributed by atoms with E-state index in [2.05, 4.69) is 9.80 Å². The maximum atomic E-state index is 13.0. The number of piperidine rings is 1. The molecule has 0 aliphatic carbocycles. The van der Waals surface area contributed by atoms with Gasteiger partial charge in [0.2, 0.25) is 0 Å². The van der Waals surface area contributed by atoms with Crippen LogP contribution in [0.5, 0.6) is 0 Å². The van der Waals surface area contributed by atoms with E-state index in [1.54, 1.807) is 12.1 Å². The summed E-state index contributed by atoms with van der Waals surface area (Å²) in [7, 11) is 0. The molecule has 4 heteroatoms. The Balaban J connectivity index is 1.50. The summed E-state index contributed by atoms with van der Waals surface area (Å²) in [5.41, 5.74) is 7.30. The second-order valence-electron chi connectivity index (χ2n) is 6.46. The predicted molar refractivity (Wildman–Crippen MR) is 83.6 cm³/mol. The average Bonchev–Trinajstić information content (AvgIpc) is 2.97. The second kappa shape index (κ2) is 6.86. The number of hydrogen-bond acceptors (Lipinski definition) is 3. The highest BCUT2D eigenvalue weighted by Gasteiger charge is 2.29. The number of likely N-dealkylation sites (tertiary alicyclic amines) is 2. The van der Waals surface area contributed by atoms with Gasteiger partial charge in [-0.25, -0.2) is 4.39 Å². The summed E-state index contributed by atoms with van der Waals surface area (Å²) in [5.74, 6) is -0.197. The Morgan fingerprint density at radius 3 is 2.52 bits per heavy atom. The third kappa shape index (κ3) is 3.82. The smallest absolute Gasteiger partial charge is 0.123 e. The summed E-state index contributed by atoms with van der Waals surface area (Å²) in [4.78, 5) is 5.13. The van der Waals surface area contributed by atoms with E-state index in [0.717, 1.165) is 25.2 Å². The third-order valence-corrected chi connectivity index (χ3v) is 4.91. The van der Waals surface area contributed by atoms with E-state index in [1.807, 2.05) is 0 Å². The van der Waals surface area contributed by atoms with Gasteiger partial charge in [0.25, 0.3) is 0 Å². The van der Waals surface area contributed by atoms with E-state index in [9.17, 15) is 4.39 Å². The first-order valence-corrected chi connectivity index (χ1v) is 8.20. The zero-order valence-electron chi connectivity index (χ0n) is 12.7. The quantitative estimate of drug-likeness (QED) is 0.924. The van der Waals surface area contributed by atoms with Gasteiger partial charge in [-0.3, -0.25) is 9.80 Å². The largest absolute Gasteiger partial charge is 0.323 e. The van der Waals surface area contributed by atoms with Crippen LogP contribution in [0.4, 0.5) is 4.39 Å². The molecule has 2 atom stereocenters. The van der Waals surface area contributed by atoms with Gasteiger partial charge in [0.1, 0.15) is 5.82 Å². The molecule has 0 amide bonds. The lowest BCUT2D eigenvalue weighted by Gasteiger charge is -2.32. The van der Waals surface area contributed by atoms with Crippen molar-refractivity contribution in [3.8, 4) is 0 Å². The van der Waals surface area contributed by atoms with Crippen molar-refractivity contribution in [1.82, 2.24) is 9.80 Å². The summed E-state index contributed by atoms with van der Waals surface area (Å²) < 4.78 is 13.0. The maximum Gasteiger partial charge on any atom is 0.123 e. The molecule has 2 N–H and O–H groups in total. The van der Waals surface area contributed by atoms with Crippen molar-refractivity contribution in [2.75, 3.05) is 32.7 Å². The van der Waals surface area contributed by atoms with Crippen molar-refractivity contribution >= 4 is 0 Å². The van der Waals surface area contributed by atoms with E-state index in [4.69, 9.17) is 5.73 Å². The fraction of sp³-hybridized carbons (Fsp3) is 0.647. The van der Waals surface area contributed by atoms with Crippen LogP contribution in [-0.4, -0.2) is 48.6 Å². The van der Waals surface area contributed by atoms with Crippen LogP contribution in [0.3, 0.4) is 0 Å². The third-order valence-electron chi connectivity index (χ3n) is 4.91. The summed E-state index contributed by atoms with van der Waals surface area (Å²) >= 11 is 0. The Labute approximate surface area is 126 Å². The van der Waals surface area contributed by atoms with Crippen molar-refractivity contribution in [3.05, 3.63) is 35.6 Å². The van der Waals surface area contributed by atoms with Crippen LogP contribution in [0, 0.1) is 5.82 Å². The Hall–Kier alpha value is -0.970. The van der Waals surface area contributed by atoms with Gasteiger partial charge in [-0.1, -0.05) is 18.6 Å². The number of halogens is 1. The van der Waals surface area contributed by atoms with Crippen molar-refractivity contribution in [1.29, 1.82) is 0 Å². The van der Waals surface area contributed by atoms with Crippen LogP contribution >= 0.6 is 0 Å². The SMILES string of the molecule is NC(CN1CCC(N2CCCCC2)C1)c1ccc(F)cc1. The van der Waals surface area contributed by atoms with Crippen molar-refractivity contribution in [2.24, 2.45) is 5.73 Å². The molecule has 0 aromatic heterocycles. The minimum atomic E-state index is -0.197. The average molecular weight is 291 g/mol. The monoisotopic (exact) mass is 291 g/mol. The number of nitrogens with two attached hydrogens (primary N) is 1. The Kier molecular flexibility index (Phi) is 4.88. The predicted octanol–water partition coefficient (Wildman–Crippen LogP) is 2.39. The topological polar surface area (TPSA) is 32.5 Å². The molecule has 1 aromatic carbocycles. The van der Waals surface area contributed by atoms with Crippen LogP contribution in [0.2, 0.25) is 0 Å². The molecule has 2 saturated heterocycles. The van der Waals surface area contributed by atoms with Crippen LogP contribution in [-0.2, 0) is 0 Å². The van der Waals surface area contributed by atoms with E-state index < -0.39 is 0 Å². The number of hydrogen-bond donors (Lipinski definition) is 1. The van der Waals surface area contributed by atoms with Crippen LogP contribution in [0.1, 0.15) is 37.3 Å². The maximum absolute atomic E-state index is 13.0. The second-order valence-corrected chi connectivity index (χ2v) is 6.46. The molecule has 2 heterocycles. The summed E-state index contributed by atoms with van der Waals surface area (Å²) in [6.45, 7) is 5.67. The molecule has 0 radical (unpaired) electrons. The molecule has 1 aromatic rings. The Morgan fingerprint density at radius 2 is 1.81 bits per heavy atom. The van der Waals surface area contributed by atoms with E-state index in [-0.39, 0.29) is 11.9 Å². The molecule has 2 aliphatic rings. The van der Waals surface area contributed by atoms with Crippen LogP contribution in [0.25, 0.3) is 0 Å². The minimum absolute atomic E-state index is 0.0225. The molecule has 21 heavy (non-hydrogen) atoms. The zero-order valence-corrected chi connectivity index (χ0v) is 12.7. The Morgan fingerprint density at radius 1 is 1.10 bits per heavy atom. The van der Waals surface area contributed by atoms with Gasteiger partial charge in [-0.05, 0) is 56.6 Å². The van der Waals surface area contributed by atoms with Crippen LogP contribution in [0.15, 0.2) is 24.3 Å². The fourth-order valence-corrected chi connectivity index (χ4v) is 3.65. The summed E-state index contributed by atoms with van der Waals surface area (Å²) in [6, 6.07) is 7.29. The van der Waals surface area contributed by atoms with E-state index in [1.165, 1.54) is 50.9 Å². The van der Waals surface area contributed by atoms with Crippen molar-refractivity contribution in [3.63, 3.8) is 0 Å². The van der Waals surface area contributed by atoms with Gasteiger partial charge in [0.15, 0.2) is 0 Å². The van der Waals surface area contributed by atoms with Crippen molar-refractivity contribution in [2.45, 2.75) is 37.8 Å². The lowest BCUT2D eigenvalue weighted by atomic mass is 10.1. The molecule has 3 rings (SSSR count). The molecular weight excluding hydrogens is 265 g/mol. The van der Waals surface area contributed by atoms with E-state index >= 15 is 0 Å². The van der Waals surface area contributed by atoms with Gasteiger partial charge in [-0.2, -0.15) is 0 Å². The van der Waals surface area contributed by atoms with Gasteiger partial charge in [0, 0.05) is 25.2 Å². The molecule has 3 nitrogen and oxygen atoms in total. The highest BCUT2D eigenvalue weighted by molar-refractivity contribution is 5.19. The van der Waals surface area contributed by atoms with Gasteiger partial charge in [0.05, 0.1) is 0 Å². The molecule has 2 unspecified atom stereocenters. The first-order valence-electron chi connectivity index (χ1n) is 8.20. The molecule has 2 fully saturated rings. The van der Waals surface area contributed by atoms with Crippen LogP contribution < -0.4 is 5.73 Å². The van der Waals surface area contributed by atoms with Crippen molar-refractivity contribution < 1.29 is 4.39 Å². The van der Waals surface area contributed by atoms with Gasteiger partial charge in [-0.15, -0.1) is 0 Å². The first kappa shape index (κ1) is 14.9. The first-order chi connectivity index (χ1) is 10.2. The summed E-state index contributed by atoms with van der Waals surface area (Å²) in [5, 5.41) is 0. The highest BCUT2D eigenvalue weighted by atomic mass is 19.1. The zero-order chi connectivity index (χ0) is 14.7. The summed E-state index contributed by atoms with van der Waals surface area (Å²) in [6.07, 6.45) is 5.36. The minimum Gasteiger partial charge on any atom is -0.323 e. The fourth-order valence-electron chi connectivity index (χ4n) is 3.65. The lowest BCUT2D eigenvalue weighted by molar-refractivity contribution is 0.161. The molecule has 0 spiro atoms. The molecule has 0 saturated carbocycles. The molecule has 116 valence electrons. The van der Waals surface area contributed by atoms with Gasteiger partial charge < -0.3 is 5.73 Å².